The third kappa shape index (κ3) is 2.07. The van der Waals surface area contributed by atoms with Crippen LogP contribution in [0.15, 0.2) is 12.1 Å². The minimum atomic E-state index is -0.323. The van der Waals surface area contributed by atoms with Crippen LogP contribution in [0.4, 0.5) is 10.1 Å². The topological polar surface area (TPSA) is 69.6 Å². The minimum absolute atomic E-state index is 0.315. The smallest absolute Gasteiger partial charge is 0.182 e. The largest absolute Gasteiger partial charge is 0.398 e. The molecule has 1 aliphatic carbocycles. The van der Waals surface area contributed by atoms with Gasteiger partial charge in [0.2, 0.25) is 0 Å². The Hall–Kier alpha value is -1.98. The Bertz CT molecular complexity index is 578. The van der Waals surface area contributed by atoms with Gasteiger partial charge in [0.05, 0.1) is 6.04 Å². The molecule has 6 heteroatoms. The van der Waals surface area contributed by atoms with Crippen molar-refractivity contribution in [3.63, 3.8) is 0 Å². The van der Waals surface area contributed by atoms with E-state index < -0.39 is 0 Å². The maximum atomic E-state index is 13.8. The van der Waals surface area contributed by atoms with Gasteiger partial charge >= 0.3 is 0 Å². The molecule has 0 atom stereocenters. The van der Waals surface area contributed by atoms with Crippen LogP contribution in [0.3, 0.4) is 0 Å². The summed E-state index contributed by atoms with van der Waals surface area (Å²) in [5.41, 5.74) is 7.34. The number of hydrogen-bond acceptors (Lipinski definition) is 4. The lowest BCUT2D eigenvalue weighted by molar-refractivity contribution is 0.458. The van der Waals surface area contributed by atoms with Gasteiger partial charge in [-0.15, -0.1) is 5.10 Å². The molecular formula is C13H16FN5. The number of rotatable bonds is 2. The zero-order valence-electron chi connectivity index (χ0n) is 10.8. The Kier molecular flexibility index (Phi) is 2.93. The molecule has 1 aromatic heterocycles. The van der Waals surface area contributed by atoms with Crippen LogP contribution in [-0.4, -0.2) is 20.2 Å². The summed E-state index contributed by atoms with van der Waals surface area (Å²) in [6.07, 6.45) is 4.52. The van der Waals surface area contributed by atoms with E-state index in [0.717, 1.165) is 12.8 Å². The third-order valence-corrected chi connectivity index (χ3v) is 3.81. The number of halogens is 1. The molecule has 0 radical (unpaired) electrons. The fraction of sp³-hybridized carbons (Fsp3) is 0.462. The lowest BCUT2D eigenvalue weighted by atomic mass is 10.1. The van der Waals surface area contributed by atoms with Crippen LogP contribution in [0.5, 0.6) is 0 Å². The van der Waals surface area contributed by atoms with Crippen LogP contribution < -0.4 is 5.73 Å². The van der Waals surface area contributed by atoms with Gasteiger partial charge in [-0.25, -0.2) is 9.07 Å². The minimum Gasteiger partial charge on any atom is -0.398 e. The highest BCUT2D eigenvalue weighted by Crippen LogP contribution is 2.32. The highest BCUT2D eigenvalue weighted by atomic mass is 19.1. The lowest BCUT2D eigenvalue weighted by Gasteiger charge is -2.12. The highest BCUT2D eigenvalue weighted by molar-refractivity contribution is 5.64. The molecule has 100 valence electrons. The molecule has 1 fully saturated rings. The molecule has 3 rings (SSSR count). The van der Waals surface area contributed by atoms with Gasteiger partial charge in [-0.3, -0.25) is 0 Å². The average molecular weight is 261 g/mol. The second-order valence-electron chi connectivity index (χ2n) is 5.06. The van der Waals surface area contributed by atoms with E-state index in [0.29, 0.717) is 28.7 Å². The lowest BCUT2D eigenvalue weighted by Crippen LogP contribution is -2.09. The van der Waals surface area contributed by atoms with Crippen LogP contribution >= 0.6 is 0 Å². The van der Waals surface area contributed by atoms with Crippen molar-refractivity contribution in [1.29, 1.82) is 0 Å². The van der Waals surface area contributed by atoms with Gasteiger partial charge in [0, 0.05) is 16.8 Å². The van der Waals surface area contributed by atoms with E-state index in [9.17, 15) is 4.39 Å². The molecular weight excluding hydrogens is 245 g/mol. The molecule has 2 aromatic rings. The van der Waals surface area contributed by atoms with Crippen LogP contribution in [0.1, 0.15) is 37.3 Å². The monoisotopic (exact) mass is 261 g/mol. The van der Waals surface area contributed by atoms with E-state index in [1.165, 1.54) is 18.9 Å². The van der Waals surface area contributed by atoms with Gasteiger partial charge in [-0.1, -0.05) is 12.8 Å². The zero-order valence-corrected chi connectivity index (χ0v) is 10.8. The molecule has 0 unspecified atom stereocenters. The summed E-state index contributed by atoms with van der Waals surface area (Å²) in [7, 11) is 0. The van der Waals surface area contributed by atoms with Crippen LogP contribution in [0, 0.1) is 12.7 Å². The maximum Gasteiger partial charge on any atom is 0.182 e. The number of aromatic nitrogens is 4. The van der Waals surface area contributed by atoms with Gasteiger partial charge in [0.25, 0.3) is 0 Å². The third-order valence-electron chi connectivity index (χ3n) is 3.81. The van der Waals surface area contributed by atoms with E-state index in [-0.39, 0.29) is 5.82 Å². The van der Waals surface area contributed by atoms with Crippen molar-refractivity contribution in [3.8, 4) is 11.4 Å². The second kappa shape index (κ2) is 4.60. The van der Waals surface area contributed by atoms with Gasteiger partial charge in [0.15, 0.2) is 5.82 Å². The molecule has 0 spiro atoms. The van der Waals surface area contributed by atoms with E-state index in [4.69, 9.17) is 5.73 Å². The van der Waals surface area contributed by atoms with Crippen LogP contribution in [0.25, 0.3) is 11.4 Å². The van der Waals surface area contributed by atoms with E-state index in [1.54, 1.807) is 17.7 Å². The Morgan fingerprint density at radius 2 is 2.05 bits per heavy atom. The number of nitrogens with zero attached hydrogens (tertiary/aromatic N) is 4. The van der Waals surface area contributed by atoms with Crippen molar-refractivity contribution >= 4 is 5.69 Å². The van der Waals surface area contributed by atoms with Gasteiger partial charge in [-0.2, -0.15) is 0 Å². The number of tetrazole rings is 1. The zero-order chi connectivity index (χ0) is 13.4. The summed E-state index contributed by atoms with van der Waals surface area (Å²) in [5.74, 6) is 0.272. The molecule has 1 aromatic carbocycles. The molecule has 1 saturated carbocycles. The Morgan fingerprint density at radius 1 is 1.32 bits per heavy atom. The second-order valence-corrected chi connectivity index (χ2v) is 5.06. The van der Waals surface area contributed by atoms with Crippen molar-refractivity contribution in [3.05, 3.63) is 23.5 Å². The van der Waals surface area contributed by atoms with Crippen molar-refractivity contribution in [2.75, 3.05) is 5.73 Å². The molecule has 0 aliphatic heterocycles. The molecule has 19 heavy (non-hydrogen) atoms. The van der Waals surface area contributed by atoms with Crippen molar-refractivity contribution in [2.45, 2.75) is 38.6 Å². The summed E-state index contributed by atoms with van der Waals surface area (Å²) in [6, 6.07) is 3.49. The number of nitrogen functional groups attached to an aromatic ring is 1. The van der Waals surface area contributed by atoms with E-state index >= 15 is 0 Å². The van der Waals surface area contributed by atoms with Crippen LogP contribution in [0.2, 0.25) is 0 Å². The first-order chi connectivity index (χ1) is 9.16. The predicted molar refractivity (Wildman–Crippen MR) is 69.9 cm³/mol. The summed E-state index contributed by atoms with van der Waals surface area (Å²) in [6.45, 7) is 1.66. The first-order valence-electron chi connectivity index (χ1n) is 6.50. The molecule has 2 N–H and O–H groups in total. The normalized spacial score (nSPS) is 16.1. The first-order valence-corrected chi connectivity index (χ1v) is 6.50. The summed E-state index contributed by atoms with van der Waals surface area (Å²) < 4.78 is 15.6. The molecule has 0 bridgehead atoms. The summed E-state index contributed by atoms with van der Waals surface area (Å²) >= 11 is 0. The number of hydrogen-bond donors (Lipinski definition) is 1. The Balaban J connectivity index is 2.05. The number of nitrogens with two attached hydrogens (primary N) is 1. The molecule has 5 nitrogen and oxygen atoms in total. The number of anilines is 1. The molecule has 1 heterocycles. The molecule has 0 amide bonds. The average Bonchev–Trinajstić information content (AvgIpc) is 3.04. The Morgan fingerprint density at radius 3 is 2.74 bits per heavy atom. The highest BCUT2D eigenvalue weighted by Gasteiger charge is 2.22. The quantitative estimate of drug-likeness (QED) is 0.843. The van der Waals surface area contributed by atoms with Gasteiger partial charge in [-0.05, 0) is 42.3 Å². The first kappa shape index (κ1) is 12.1. The maximum absolute atomic E-state index is 13.8. The number of benzene rings is 1. The summed E-state index contributed by atoms with van der Waals surface area (Å²) in [5, 5.41) is 11.8. The Labute approximate surface area is 110 Å². The SMILES string of the molecule is Cc1c(N)cc(-c2nnnn2C2CCCC2)cc1F. The van der Waals surface area contributed by atoms with E-state index in [1.807, 2.05) is 0 Å². The van der Waals surface area contributed by atoms with Crippen molar-refractivity contribution in [2.24, 2.45) is 0 Å². The van der Waals surface area contributed by atoms with Crippen molar-refractivity contribution < 1.29 is 4.39 Å². The predicted octanol–water partition coefficient (Wildman–Crippen LogP) is 2.48. The van der Waals surface area contributed by atoms with E-state index in [2.05, 4.69) is 15.5 Å². The fourth-order valence-corrected chi connectivity index (χ4v) is 2.61. The van der Waals surface area contributed by atoms with Crippen molar-refractivity contribution in [1.82, 2.24) is 20.2 Å². The molecule has 1 aliphatic rings. The van der Waals surface area contributed by atoms with Crippen LogP contribution in [-0.2, 0) is 0 Å². The van der Waals surface area contributed by atoms with Gasteiger partial charge < -0.3 is 5.73 Å². The fourth-order valence-electron chi connectivity index (χ4n) is 2.61. The molecule has 0 saturated heterocycles. The summed E-state index contributed by atoms with van der Waals surface area (Å²) in [4.78, 5) is 0. The standard InChI is InChI=1S/C13H16FN5/c1-8-11(14)6-9(7-12(8)15)13-16-17-18-19(13)10-4-2-3-5-10/h6-7,10H,2-5,15H2,1H3. The van der Waals surface area contributed by atoms with Gasteiger partial charge in [0.1, 0.15) is 5.82 Å².